The van der Waals surface area contributed by atoms with E-state index in [2.05, 4.69) is 37.9 Å². The van der Waals surface area contributed by atoms with Crippen molar-refractivity contribution in [3.63, 3.8) is 0 Å². The topological polar surface area (TPSA) is 116 Å². The number of benzene rings is 1. The first kappa shape index (κ1) is 20.0. The van der Waals surface area contributed by atoms with Crippen molar-refractivity contribution in [1.29, 1.82) is 0 Å². The highest BCUT2D eigenvalue weighted by Crippen LogP contribution is 2.28. The fraction of sp³-hybridized carbons (Fsp3) is 0.263. The smallest absolute Gasteiger partial charge is 0.414 e. The quantitative estimate of drug-likeness (QED) is 0.427. The summed E-state index contributed by atoms with van der Waals surface area (Å²) in [5.41, 5.74) is 1.37. The van der Waals surface area contributed by atoms with Gasteiger partial charge in [-0.25, -0.2) is 19.2 Å². The summed E-state index contributed by atoms with van der Waals surface area (Å²) in [6.07, 6.45) is 4.47. The number of aromatic nitrogens is 4. The predicted molar refractivity (Wildman–Crippen MR) is 110 cm³/mol. The number of hydrogen-bond acceptors (Lipinski definition) is 6. The summed E-state index contributed by atoms with van der Waals surface area (Å²) in [7, 11) is 0. The molecule has 1 atom stereocenters. The molecule has 2 aromatic heterocycles. The monoisotopic (exact) mass is 430 g/mol. The number of cyclic esters (lactones) is 1. The van der Waals surface area contributed by atoms with Crippen molar-refractivity contribution in [3.8, 4) is 11.4 Å². The Balaban J connectivity index is 1.45. The second kappa shape index (κ2) is 8.57. The van der Waals surface area contributed by atoms with Crippen molar-refractivity contribution in [3.05, 3.63) is 54.1 Å². The van der Waals surface area contributed by atoms with Crippen LogP contribution in [0.4, 0.5) is 14.9 Å². The molecular weight excluding hydrogens is 411 g/mol. The average Bonchev–Trinajstić information content (AvgIpc) is 3.48. The summed E-state index contributed by atoms with van der Waals surface area (Å²) in [6.45, 7) is 0.381. The lowest BCUT2D eigenvalue weighted by Crippen LogP contribution is -2.35. The number of halogens is 1. The maximum atomic E-state index is 14.8. The third-order valence-corrected chi connectivity index (χ3v) is 4.89. The Morgan fingerprint density at radius 3 is 3.00 bits per heavy atom. The summed E-state index contributed by atoms with van der Waals surface area (Å²) >= 11 is 3.87. The Morgan fingerprint density at radius 1 is 1.40 bits per heavy atom. The number of H-pyrrole nitrogens is 2. The minimum atomic E-state index is -0.592. The first-order valence-corrected chi connectivity index (χ1v) is 9.85. The highest BCUT2D eigenvalue weighted by atomic mass is 32.1. The molecule has 0 aliphatic carbocycles. The van der Waals surface area contributed by atoms with E-state index in [1.54, 1.807) is 30.7 Å². The highest BCUT2D eigenvalue weighted by Gasteiger charge is 2.33. The van der Waals surface area contributed by atoms with E-state index in [-0.39, 0.29) is 30.3 Å². The number of anilines is 1. The van der Waals surface area contributed by atoms with Gasteiger partial charge in [0.2, 0.25) is 5.91 Å². The molecule has 11 heteroatoms. The van der Waals surface area contributed by atoms with E-state index in [0.717, 1.165) is 11.5 Å². The average molecular weight is 430 g/mol. The fourth-order valence-electron chi connectivity index (χ4n) is 3.14. The van der Waals surface area contributed by atoms with E-state index in [1.165, 1.54) is 11.0 Å². The van der Waals surface area contributed by atoms with Crippen molar-refractivity contribution in [2.24, 2.45) is 0 Å². The number of amides is 2. The van der Waals surface area contributed by atoms with Gasteiger partial charge in [-0.15, -0.1) is 0 Å². The number of ether oxygens (including phenoxy) is 1. The third-order valence-electron chi connectivity index (χ3n) is 4.60. The minimum absolute atomic E-state index is 0.0487. The molecule has 1 saturated heterocycles. The fourth-order valence-corrected chi connectivity index (χ4v) is 3.25. The number of aromatic amines is 2. The molecule has 3 heterocycles. The number of carbonyl (C=O) groups excluding carboxylic acids is 2. The molecule has 1 aromatic carbocycles. The standard InChI is InChI=1S/C19H19FN6O3S/c20-15-6-12(26-9-13(29-19(26)28)8-23-17(27)10-30)1-2-14(15)18-24-7-11(25-18)5-16-21-3-4-22-16/h1-4,6-7,13,30H,5,8-10H2,(H,21,22)(H,23,27)(H,24,25). The van der Waals surface area contributed by atoms with Crippen LogP contribution in [-0.4, -0.2) is 56.9 Å². The van der Waals surface area contributed by atoms with Crippen LogP contribution in [0, 0.1) is 5.82 Å². The largest absolute Gasteiger partial charge is 0.442 e. The zero-order chi connectivity index (χ0) is 21.1. The van der Waals surface area contributed by atoms with E-state index in [4.69, 9.17) is 4.74 Å². The number of nitrogens with zero attached hydrogens (tertiary/aromatic N) is 3. The van der Waals surface area contributed by atoms with Gasteiger partial charge in [-0.2, -0.15) is 12.6 Å². The molecule has 0 saturated carbocycles. The first-order valence-electron chi connectivity index (χ1n) is 9.21. The molecular formula is C19H19FN6O3S. The van der Waals surface area contributed by atoms with Gasteiger partial charge in [0.05, 0.1) is 35.8 Å². The summed E-state index contributed by atoms with van der Waals surface area (Å²) in [5, 5.41) is 2.61. The molecule has 4 rings (SSSR count). The van der Waals surface area contributed by atoms with Crippen LogP contribution in [0.25, 0.3) is 11.4 Å². The summed E-state index contributed by atoms with van der Waals surface area (Å²) in [4.78, 5) is 39.3. The summed E-state index contributed by atoms with van der Waals surface area (Å²) in [5.74, 6) is 0.417. The van der Waals surface area contributed by atoms with Gasteiger partial charge in [0.15, 0.2) is 0 Å². The molecule has 1 aliphatic heterocycles. The van der Waals surface area contributed by atoms with Gasteiger partial charge in [0, 0.05) is 25.0 Å². The maximum absolute atomic E-state index is 14.8. The van der Waals surface area contributed by atoms with Crippen molar-refractivity contribution in [2.75, 3.05) is 23.7 Å². The molecule has 3 N–H and O–H groups in total. The van der Waals surface area contributed by atoms with Crippen LogP contribution in [0.3, 0.4) is 0 Å². The van der Waals surface area contributed by atoms with Crippen LogP contribution in [-0.2, 0) is 16.0 Å². The van der Waals surface area contributed by atoms with Crippen LogP contribution in [0.1, 0.15) is 11.5 Å². The normalized spacial score (nSPS) is 16.0. The van der Waals surface area contributed by atoms with E-state index >= 15 is 0 Å². The van der Waals surface area contributed by atoms with Crippen LogP contribution < -0.4 is 10.2 Å². The lowest BCUT2D eigenvalue weighted by atomic mass is 10.1. The molecule has 1 aliphatic rings. The predicted octanol–water partition coefficient (Wildman–Crippen LogP) is 1.90. The van der Waals surface area contributed by atoms with Gasteiger partial charge in [0.25, 0.3) is 0 Å². The number of thiol groups is 1. The molecule has 9 nitrogen and oxygen atoms in total. The number of hydrogen-bond donors (Lipinski definition) is 4. The van der Waals surface area contributed by atoms with Crippen LogP contribution in [0.15, 0.2) is 36.8 Å². The Morgan fingerprint density at radius 2 is 2.27 bits per heavy atom. The van der Waals surface area contributed by atoms with Crippen LogP contribution in [0.5, 0.6) is 0 Å². The Kier molecular flexibility index (Phi) is 5.70. The van der Waals surface area contributed by atoms with Gasteiger partial charge >= 0.3 is 6.09 Å². The Bertz CT molecular complexity index is 1050. The van der Waals surface area contributed by atoms with E-state index in [1.807, 2.05) is 0 Å². The number of carbonyl (C=O) groups is 2. The third kappa shape index (κ3) is 4.30. The lowest BCUT2D eigenvalue weighted by Gasteiger charge is -2.14. The SMILES string of the molecule is O=C(CS)NCC1CN(c2ccc(-c3nc(Cc4ncc[nH]4)c[nH]3)c(F)c2)C(=O)O1. The van der Waals surface area contributed by atoms with Gasteiger partial charge in [-0.3, -0.25) is 9.69 Å². The van der Waals surface area contributed by atoms with E-state index in [9.17, 15) is 14.0 Å². The van der Waals surface area contributed by atoms with Crippen LogP contribution in [0.2, 0.25) is 0 Å². The van der Waals surface area contributed by atoms with Gasteiger partial charge in [-0.05, 0) is 18.2 Å². The first-order chi connectivity index (χ1) is 14.5. The zero-order valence-electron chi connectivity index (χ0n) is 15.8. The van der Waals surface area contributed by atoms with Crippen LogP contribution >= 0.6 is 12.6 Å². The second-order valence-corrected chi connectivity index (χ2v) is 7.01. The highest BCUT2D eigenvalue weighted by molar-refractivity contribution is 7.81. The summed E-state index contributed by atoms with van der Waals surface area (Å²) in [6, 6.07) is 4.45. The van der Waals surface area contributed by atoms with Gasteiger partial charge < -0.3 is 20.0 Å². The van der Waals surface area contributed by atoms with E-state index in [0.29, 0.717) is 17.9 Å². The summed E-state index contributed by atoms with van der Waals surface area (Å²) < 4.78 is 20.0. The number of nitrogens with one attached hydrogen (secondary N) is 3. The van der Waals surface area contributed by atoms with Crippen molar-refractivity contribution in [2.45, 2.75) is 12.5 Å². The number of rotatable bonds is 7. The lowest BCUT2D eigenvalue weighted by molar-refractivity contribution is -0.118. The van der Waals surface area contributed by atoms with E-state index < -0.39 is 18.0 Å². The molecule has 2 amide bonds. The van der Waals surface area contributed by atoms with Gasteiger partial charge in [-0.1, -0.05) is 0 Å². The molecule has 3 aromatic rings. The zero-order valence-corrected chi connectivity index (χ0v) is 16.7. The van der Waals surface area contributed by atoms with Crippen molar-refractivity contribution < 1.29 is 18.7 Å². The molecule has 0 spiro atoms. The Labute approximate surface area is 176 Å². The maximum Gasteiger partial charge on any atom is 0.414 e. The van der Waals surface area contributed by atoms with Crippen molar-refractivity contribution >= 4 is 30.3 Å². The molecule has 30 heavy (non-hydrogen) atoms. The van der Waals surface area contributed by atoms with Gasteiger partial charge in [0.1, 0.15) is 23.6 Å². The molecule has 1 fully saturated rings. The molecule has 0 bridgehead atoms. The molecule has 1 unspecified atom stereocenters. The Hall–Kier alpha value is -3.34. The molecule has 0 radical (unpaired) electrons. The minimum Gasteiger partial charge on any atom is -0.442 e. The number of imidazole rings is 2. The van der Waals surface area contributed by atoms with Crippen molar-refractivity contribution in [1.82, 2.24) is 25.3 Å². The second-order valence-electron chi connectivity index (χ2n) is 6.70. The molecule has 156 valence electrons.